The molecule has 11 nitrogen and oxygen atoms in total. The van der Waals surface area contributed by atoms with Crippen molar-refractivity contribution in [3.05, 3.63) is 0 Å². The predicted molar refractivity (Wildman–Crippen MR) is 152 cm³/mol. The second kappa shape index (κ2) is 26.6. The van der Waals surface area contributed by atoms with Crippen molar-refractivity contribution >= 4 is 0 Å². The van der Waals surface area contributed by atoms with Crippen molar-refractivity contribution in [2.45, 2.75) is 20.3 Å². The number of nitrogens with one attached hydrogen (secondary N) is 3. The summed E-state index contributed by atoms with van der Waals surface area (Å²) in [4.78, 5) is 9.95. The molecule has 0 aliphatic heterocycles. The molecule has 0 aliphatic carbocycles. The molecule has 0 heterocycles. The molecule has 0 atom stereocenters. The Morgan fingerprint density at radius 2 is 0.857 bits per heavy atom. The van der Waals surface area contributed by atoms with Crippen molar-refractivity contribution in [3.63, 3.8) is 0 Å². The molecule has 0 saturated carbocycles. The third-order valence-corrected chi connectivity index (χ3v) is 6.01. The largest absolute Gasteiger partial charge is 0.329 e. The van der Waals surface area contributed by atoms with E-state index in [2.05, 4.69) is 49.4 Å². The topological polar surface area (TPSA) is 153 Å². The first kappa shape index (κ1) is 34.6. The minimum Gasteiger partial charge on any atom is -0.329 e. The van der Waals surface area contributed by atoms with Crippen molar-refractivity contribution in [2.75, 3.05) is 138 Å². The summed E-state index contributed by atoms with van der Waals surface area (Å²) in [5.74, 6) is 0. The number of hydrogen-bond acceptors (Lipinski definition) is 11. The van der Waals surface area contributed by atoms with Crippen LogP contribution in [0.4, 0.5) is 0 Å². The third kappa shape index (κ3) is 21.4. The smallest absolute Gasteiger partial charge is 0.0508 e. The highest BCUT2D eigenvalue weighted by Crippen LogP contribution is 1.98. The van der Waals surface area contributed by atoms with Crippen molar-refractivity contribution in [1.82, 2.24) is 35.6 Å². The van der Waals surface area contributed by atoms with Crippen LogP contribution in [0.5, 0.6) is 0 Å². The fraction of sp³-hybridized carbons (Fsp3) is 1.00. The van der Waals surface area contributed by atoms with Crippen molar-refractivity contribution in [1.29, 1.82) is 0 Å². The highest BCUT2D eigenvalue weighted by Gasteiger charge is 2.14. The van der Waals surface area contributed by atoms with Gasteiger partial charge < -0.3 is 38.9 Å². The number of rotatable bonds is 28. The Bertz CT molecular complexity index is 411. The summed E-state index contributed by atoms with van der Waals surface area (Å²) in [6.45, 7) is 23.7. The maximum atomic E-state index is 5.88. The summed E-state index contributed by atoms with van der Waals surface area (Å²) < 4.78 is 0. The number of likely N-dealkylation sites (N-methyl/N-ethyl adjacent to an activating group) is 1. The van der Waals surface area contributed by atoms with E-state index in [1.807, 2.05) is 0 Å². The lowest BCUT2D eigenvalue weighted by Gasteiger charge is -2.33. The Balaban J connectivity index is 4.98. The van der Waals surface area contributed by atoms with E-state index in [1.54, 1.807) is 0 Å². The first-order chi connectivity index (χ1) is 17.1. The molecule has 0 bridgehead atoms. The minimum atomic E-state index is 0.657. The number of nitrogens with zero attached hydrogens (tertiary/aromatic N) is 4. The van der Waals surface area contributed by atoms with E-state index in [-0.39, 0.29) is 0 Å². The van der Waals surface area contributed by atoms with E-state index in [0.717, 1.165) is 118 Å². The minimum absolute atomic E-state index is 0.657. The number of nitrogens with two attached hydrogens (primary N) is 4. The van der Waals surface area contributed by atoms with Crippen LogP contribution < -0.4 is 38.9 Å². The van der Waals surface area contributed by atoms with Crippen LogP contribution in [0.2, 0.25) is 0 Å². The molecule has 0 unspecified atom stereocenters. The lowest BCUT2D eigenvalue weighted by atomic mass is 10.3. The van der Waals surface area contributed by atoms with Crippen LogP contribution in [0.25, 0.3) is 0 Å². The molecule has 35 heavy (non-hydrogen) atoms. The third-order valence-electron chi connectivity index (χ3n) is 6.01. The quantitative estimate of drug-likeness (QED) is 0.0437. The molecule has 0 rings (SSSR count). The average Bonchev–Trinajstić information content (AvgIpc) is 2.85. The fourth-order valence-electron chi connectivity index (χ4n) is 3.99. The van der Waals surface area contributed by atoms with E-state index >= 15 is 0 Å². The van der Waals surface area contributed by atoms with Crippen LogP contribution >= 0.6 is 0 Å². The molecule has 0 aromatic carbocycles. The van der Waals surface area contributed by atoms with Gasteiger partial charge in [-0.2, -0.15) is 0 Å². The average molecular weight is 504 g/mol. The van der Waals surface area contributed by atoms with Gasteiger partial charge >= 0.3 is 0 Å². The lowest BCUT2D eigenvalue weighted by molar-refractivity contribution is 0.117. The Morgan fingerprint density at radius 3 is 1.37 bits per heavy atom. The summed E-state index contributed by atoms with van der Waals surface area (Å²) in [6, 6.07) is 0. The molecule has 0 amide bonds. The molecule has 0 spiro atoms. The van der Waals surface area contributed by atoms with Crippen LogP contribution in [0.3, 0.4) is 0 Å². The second-order valence-corrected chi connectivity index (χ2v) is 9.07. The van der Waals surface area contributed by atoms with Gasteiger partial charge in [0.2, 0.25) is 0 Å². The fourth-order valence-corrected chi connectivity index (χ4v) is 3.99. The zero-order valence-electron chi connectivity index (χ0n) is 23.2. The molecule has 11 N–H and O–H groups in total. The molecular formula is C24H61N11. The molecule has 0 aromatic rings. The Kier molecular flexibility index (Phi) is 26.3. The van der Waals surface area contributed by atoms with Crippen LogP contribution in [-0.4, -0.2) is 157 Å². The van der Waals surface area contributed by atoms with Crippen LogP contribution in [0.15, 0.2) is 0 Å². The van der Waals surface area contributed by atoms with Crippen LogP contribution in [0, 0.1) is 0 Å². The summed E-state index contributed by atoms with van der Waals surface area (Å²) in [5, 5.41) is 10.4. The standard InChI is InChI=1S/C24H61N11/c1-3-9-30-13-19-35(24-34(15-7-27)16-8-28)23-22-33(18-12-31-10-5-25)21-20-32(14-6-26)17-11-29-4-2/h29-31H,3-28H2,1-2H3. The molecular weight excluding hydrogens is 442 g/mol. The van der Waals surface area contributed by atoms with Gasteiger partial charge in [-0.15, -0.1) is 0 Å². The molecule has 212 valence electrons. The van der Waals surface area contributed by atoms with E-state index in [0.29, 0.717) is 26.2 Å². The zero-order valence-corrected chi connectivity index (χ0v) is 23.2. The summed E-state index contributed by atoms with van der Waals surface area (Å²) in [7, 11) is 0. The van der Waals surface area contributed by atoms with Crippen molar-refractivity contribution < 1.29 is 0 Å². The molecule has 11 heteroatoms. The van der Waals surface area contributed by atoms with E-state index in [1.165, 1.54) is 0 Å². The second-order valence-electron chi connectivity index (χ2n) is 9.07. The first-order valence-corrected chi connectivity index (χ1v) is 14.0. The first-order valence-electron chi connectivity index (χ1n) is 14.0. The Hall–Kier alpha value is -0.440. The molecule has 0 aromatic heterocycles. The van der Waals surface area contributed by atoms with Gasteiger partial charge in [-0.25, -0.2) is 0 Å². The van der Waals surface area contributed by atoms with Gasteiger partial charge in [-0.3, -0.25) is 19.6 Å². The van der Waals surface area contributed by atoms with Gasteiger partial charge in [0.15, 0.2) is 0 Å². The van der Waals surface area contributed by atoms with Crippen LogP contribution in [0.1, 0.15) is 20.3 Å². The highest BCUT2D eigenvalue weighted by molar-refractivity contribution is 4.70. The maximum absolute atomic E-state index is 5.88. The van der Waals surface area contributed by atoms with Gasteiger partial charge in [0.25, 0.3) is 0 Å². The monoisotopic (exact) mass is 504 g/mol. The van der Waals surface area contributed by atoms with Gasteiger partial charge in [0.1, 0.15) is 0 Å². The van der Waals surface area contributed by atoms with Gasteiger partial charge in [-0.1, -0.05) is 13.8 Å². The summed E-state index contributed by atoms with van der Waals surface area (Å²) in [5.41, 5.74) is 23.3. The molecule has 0 radical (unpaired) electrons. The van der Waals surface area contributed by atoms with Gasteiger partial charge in [0, 0.05) is 118 Å². The van der Waals surface area contributed by atoms with Gasteiger partial charge in [0.05, 0.1) is 6.67 Å². The number of hydrogen-bond donors (Lipinski definition) is 7. The van der Waals surface area contributed by atoms with Crippen molar-refractivity contribution in [3.8, 4) is 0 Å². The van der Waals surface area contributed by atoms with Crippen molar-refractivity contribution in [2.24, 2.45) is 22.9 Å². The molecule has 0 fully saturated rings. The summed E-state index contributed by atoms with van der Waals surface area (Å²) >= 11 is 0. The predicted octanol–water partition coefficient (Wildman–Crippen LogP) is -2.81. The van der Waals surface area contributed by atoms with Crippen LogP contribution in [-0.2, 0) is 0 Å². The Morgan fingerprint density at radius 1 is 0.429 bits per heavy atom. The maximum Gasteiger partial charge on any atom is 0.0508 e. The van der Waals surface area contributed by atoms with Gasteiger partial charge in [-0.05, 0) is 19.5 Å². The normalized spacial score (nSPS) is 12.2. The summed E-state index contributed by atoms with van der Waals surface area (Å²) in [6.07, 6.45) is 1.16. The molecule has 0 saturated heterocycles. The van der Waals surface area contributed by atoms with E-state index < -0.39 is 0 Å². The van der Waals surface area contributed by atoms with E-state index in [4.69, 9.17) is 22.9 Å². The van der Waals surface area contributed by atoms with E-state index in [9.17, 15) is 0 Å². The lowest BCUT2D eigenvalue weighted by Crippen LogP contribution is -2.48. The highest BCUT2D eigenvalue weighted by atomic mass is 15.3. The SMILES string of the molecule is CCCNCCN(CCN(CCNCCN)CCN(CCN)CCNCC)CN(CCN)CCN. The zero-order chi connectivity index (χ0) is 26.0. The Labute approximate surface area is 216 Å². The molecule has 0 aliphatic rings.